The van der Waals surface area contributed by atoms with E-state index in [-0.39, 0.29) is 41.1 Å². The molecule has 0 aliphatic carbocycles. The molecule has 2 unspecified atom stereocenters. The lowest BCUT2D eigenvalue weighted by Crippen LogP contribution is -2.49. The van der Waals surface area contributed by atoms with Gasteiger partial charge in [-0.2, -0.15) is 9.40 Å². The van der Waals surface area contributed by atoms with Crippen LogP contribution in [0.2, 0.25) is 0 Å². The van der Waals surface area contributed by atoms with Gasteiger partial charge in [-0.25, -0.2) is 31.6 Å². The van der Waals surface area contributed by atoms with Gasteiger partial charge in [0.05, 0.1) is 17.6 Å². The van der Waals surface area contributed by atoms with Gasteiger partial charge in [-0.05, 0) is 30.2 Å². The van der Waals surface area contributed by atoms with Crippen molar-refractivity contribution < 1.29 is 31.8 Å². The molecule has 10 nitrogen and oxygen atoms in total. The highest BCUT2D eigenvalue weighted by atomic mass is 32.2. The highest BCUT2D eigenvalue weighted by molar-refractivity contribution is 7.89. The van der Waals surface area contributed by atoms with E-state index in [4.69, 9.17) is 5.73 Å². The van der Waals surface area contributed by atoms with Gasteiger partial charge in [0.1, 0.15) is 5.82 Å². The number of rotatable bonds is 7. The first-order valence-corrected chi connectivity index (χ1v) is 11.9. The number of benzene rings is 1. The van der Waals surface area contributed by atoms with Crippen LogP contribution in [0.3, 0.4) is 0 Å². The quantitative estimate of drug-likeness (QED) is 0.429. The molecule has 0 spiro atoms. The molecule has 3 heterocycles. The summed E-state index contributed by atoms with van der Waals surface area (Å²) in [6.45, 7) is 1.81. The van der Waals surface area contributed by atoms with Gasteiger partial charge in [0, 0.05) is 37.8 Å². The number of nitrogens with zero attached hydrogens (tertiary/aromatic N) is 5. The Morgan fingerprint density at radius 3 is 2.49 bits per heavy atom. The third kappa shape index (κ3) is 4.26. The van der Waals surface area contributed by atoms with Crippen molar-refractivity contribution in [1.82, 2.24) is 24.1 Å². The molecule has 35 heavy (non-hydrogen) atoms. The van der Waals surface area contributed by atoms with Crippen LogP contribution in [0.15, 0.2) is 41.7 Å². The molecule has 3 aromatic rings. The van der Waals surface area contributed by atoms with Gasteiger partial charge in [-0.15, -0.1) is 0 Å². The predicted octanol–water partition coefficient (Wildman–Crippen LogP) is 1.30. The Morgan fingerprint density at radius 1 is 1.23 bits per heavy atom. The topological polar surface area (TPSA) is 147 Å². The molecular weight excluding hydrogens is 489 g/mol. The van der Waals surface area contributed by atoms with Crippen LogP contribution in [-0.2, 0) is 22.7 Å². The number of hydrogen-bond acceptors (Lipinski definition) is 8. The fraction of sp³-hybridized carbons (Fsp3) is 0.381. The highest BCUT2D eigenvalue weighted by Gasteiger charge is 2.47. The fourth-order valence-corrected chi connectivity index (χ4v) is 5.31. The van der Waals surface area contributed by atoms with E-state index in [1.54, 1.807) is 14.0 Å². The molecule has 2 atom stereocenters. The number of anilines is 1. The van der Waals surface area contributed by atoms with Gasteiger partial charge >= 0.3 is 0 Å². The maximum Gasteiger partial charge on any atom is 0.276 e. The lowest BCUT2D eigenvalue weighted by Gasteiger charge is -2.37. The maximum atomic E-state index is 13.6. The van der Waals surface area contributed by atoms with Gasteiger partial charge in [-0.3, -0.25) is 4.68 Å². The lowest BCUT2D eigenvalue weighted by atomic mass is 9.90. The molecule has 1 aromatic carbocycles. The first-order chi connectivity index (χ1) is 16.4. The normalized spacial score (nSPS) is 17.8. The van der Waals surface area contributed by atoms with E-state index in [2.05, 4.69) is 15.1 Å². The van der Waals surface area contributed by atoms with Crippen LogP contribution in [0.25, 0.3) is 11.3 Å². The van der Waals surface area contributed by atoms with Crippen LogP contribution in [0.1, 0.15) is 22.7 Å². The number of aryl methyl sites for hydroxylation is 2. The molecule has 188 valence electrons. The van der Waals surface area contributed by atoms with Crippen molar-refractivity contribution in [2.24, 2.45) is 7.05 Å². The molecule has 1 saturated heterocycles. The van der Waals surface area contributed by atoms with Crippen molar-refractivity contribution in [3.05, 3.63) is 53.5 Å². The van der Waals surface area contributed by atoms with Gasteiger partial charge in [0.15, 0.2) is 5.03 Å². The molecule has 4 rings (SSSR count). The summed E-state index contributed by atoms with van der Waals surface area (Å²) in [4.78, 5) is 8.59. The van der Waals surface area contributed by atoms with Crippen molar-refractivity contribution >= 4 is 15.8 Å². The zero-order valence-corrected chi connectivity index (χ0v) is 19.5. The molecule has 14 heteroatoms. The number of hydrogen-bond donors (Lipinski definition) is 3. The van der Waals surface area contributed by atoms with Crippen LogP contribution in [0.5, 0.6) is 0 Å². The summed E-state index contributed by atoms with van der Waals surface area (Å²) < 4.78 is 68.5. The summed E-state index contributed by atoms with van der Waals surface area (Å²) in [5.41, 5.74) is 3.34. The van der Waals surface area contributed by atoms with Crippen molar-refractivity contribution in [1.29, 1.82) is 0 Å². The van der Waals surface area contributed by atoms with E-state index in [1.807, 2.05) is 0 Å². The Hall–Kier alpha value is -3.07. The maximum absolute atomic E-state index is 13.6. The lowest BCUT2D eigenvalue weighted by molar-refractivity contribution is -0.211. The van der Waals surface area contributed by atoms with Crippen LogP contribution < -0.4 is 5.73 Å². The smallest absolute Gasteiger partial charge is 0.276 e. The number of aliphatic hydroxyl groups excluding tert-OH is 1. The van der Waals surface area contributed by atoms with E-state index in [1.165, 1.54) is 33.5 Å². The monoisotopic (exact) mass is 512 g/mol. The highest BCUT2D eigenvalue weighted by Crippen LogP contribution is 2.37. The minimum absolute atomic E-state index is 0.0747. The van der Waals surface area contributed by atoms with Crippen LogP contribution in [0, 0.1) is 6.92 Å². The molecule has 0 bridgehead atoms. The fourth-order valence-electron chi connectivity index (χ4n) is 3.83. The van der Waals surface area contributed by atoms with Gasteiger partial charge < -0.3 is 15.9 Å². The molecule has 0 amide bonds. The summed E-state index contributed by atoms with van der Waals surface area (Å²) in [7, 11) is -2.18. The van der Waals surface area contributed by atoms with Crippen LogP contribution >= 0.6 is 0 Å². The second-order valence-electron chi connectivity index (χ2n) is 8.36. The van der Waals surface area contributed by atoms with E-state index < -0.39 is 34.0 Å². The second kappa shape index (κ2) is 8.86. The van der Waals surface area contributed by atoms with Crippen molar-refractivity contribution in [3.63, 3.8) is 0 Å². The second-order valence-corrected chi connectivity index (χ2v) is 10.2. The first kappa shape index (κ1) is 25.0. The molecule has 1 aliphatic rings. The Labute approximate surface area is 198 Å². The van der Waals surface area contributed by atoms with E-state index in [0.29, 0.717) is 11.3 Å². The average Bonchev–Trinajstić information content (AvgIpc) is 3.20. The zero-order chi connectivity index (χ0) is 25.7. The zero-order valence-electron chi connectivity index (χ0n) is 18.7. The standard InChI is InChI=1S/C21H23F3N6O4S/c1-11-3-4-13(21(32,19(22)23)20(24)31)7-14(11)15-8-26-18(25)17(27-15)12-9-30(10-12)35(33,34)16-5-6-29(2)28-16/h3-8,12,19-20,31-32H,9-10H2,1-2H3,(H2,25,26). The molecule has 4 N–H and O–H groups in total. The molecule has 0 saturated carbocycles. The number of sulfonamides is 1. The summed E-state index contributed by atoms with van der Waals surface area (Å²) in [6.07, 6.45) is -4.02. The number of aromatic nitrogens is 4. The number of nitrogen functional groups attached to an aromatic ring is 1. The summed E-state index contributed by atoms with van der Waals surface area (Å²) in [5, 5.41) is 23.2. The van der Waals surface area contributed by atoms with Gasteiger partial charge in [0.25, 0.3) is 16.4 Å². The Bertz CT molecular complexity index is 1350. The molecule has 2 aromatic heterocycles. The third-order valence-electron chi connectivity index (χ3n) is 6.03. The van der Waals surface area contributed by atoms with Crippen molar-refractivity contribution in [2.45, 2.75) is 36.3 Å². The van der Waals surface area contributed by atoms with Gasteiger partial charge in [-0.1, -0.05) is 12.1 Å². The number of halogens is 3. The minimum Gasteiger partial charge on any atom is -0.382 e. The molecular formula is C21H23F3N6O4S. The number of alkyl halides is 3. The summed E-state index contributed by atoms with van der Waals surface area (Å²) >= 11 is 0. The van der Waals surface area contributed by atoms with E-state index >= 15 is 0 Å². The Kier molecular flexibility index (Phi) is 6.34. The Morgan fingerprint density at radius 2 is 1.91 bits per heavy atom. The Balaban J connectivity index is 1.64. The first-order valence-electron chi connectivity index (χ1n) is 10.4. The van der Waals surface area contributed by atoms with Crippen LogP contribution in [0.4, 0.5) is 19.0 Å². The number of aliphatic hydroxyl groups is 2. The minimum atomic E-state index is -3.79. The van der Waals surface area contributed by atoms with E-state index in [0.717, 1.165) is 12.1 Å². The molecule has 1 fully saturated rings. The largest absolute Gasteiger partial charge is 0.382 e. The molecule has 0 radical (unpaired) electrons. The van der Waals surface area contributed by atoms with Gasteiger partial charge in [0.2, 0.25) is 12.0 Å². The average molecular weight is 513 g/mol. The van der Waals surface area contributed by atoms with Crippen molar-refractivity contribution in [2.75, 3.05) is 18.8 Å². The molecule has 1 aliphatic heterocycles. The van der Waals surface area contributed by atoms with E-state index in [9.17, 15) is 31.8 Å². The van der Waals surface area contributed by atoms with Crippen LogP contribution in [-0.4, -0.2) is 68.6 Å². The van der Waals surface area contributed by atoms with Crippen molar-refractivity contribution in [3.8, 4) is 11.3 Å². The third-order valence-corrected chi connectivity index (χ3v) is 7.75. The summed E-state index contributed by atoms with van der Waals surface area (Å²) in [5.74, 6) is -0.305. The summed E-state index contributed by atoms with van der Waals surface area (Å²) in [6, 6.07) is 4.96. The number of nitrogens with two attached hydrogens (primary N) is 1. The SMILES string of the molecule is Cc1ccc(C(O)(C(O)F)C(F)F)cc1-c1cnc(N)c(C2CN(S(=O)(=O)c3ccn(C)n3)C2)n1. The predicted molar refractivity (Wildman–Crippen MR) is 118 cm³/mol.